The molecule has 1 saturated carbocycles. The van der Waals surface area contributed by atoms with Crippen LogP contribution in [-0.4, -0.2) is 20.9 Å². The van der Waals surface area contributed by atoms with Crippen molar-refractivity contribution < 1.29 is 13.2 Å². The lowest BCUT2D eigenvalue weighted by Gasteiger charge is -2.01. The molecule has 0 bridgehead atoms. The quantitative estimate of drug-likeness (QED) is 0.841. The van der Waals surface area contributed by atoms with Crippen LogP contribution < -0.4 is 5.32 Å². The standard InChI is InChI=1S/C10H12ClNO3S2/c11-17(14,15)10-4-3-8(16-10)5-9(13)12-6-7-1-2-7/h3-4,7H,1-2,5-6H2,(H,12,13). The van der Waals surface area contributed by atoms with Crippen molar-refractivity contribution in [2.75, 3.05) is 6.54 Å². The third kappa shape index (κ3) is 3.97. The Labute approximate surface area is 108 Å². The topological polar surface area (TPSA) is 63.2 Å². The summed E-state index contributed by atoms with van der Waals surface area (Å²) in [7, 11) is 1.53. The highest BCUT2D eigenvalue weighted by atomic mass is 35.7. The van der Waals surface area contributed by atoms with Crippen molar-refractivity contribution >= 4 is 37.0 Å². The Kier molecular flexibility index (Phi) is 3.75. The van der Waals surface area contributed by atoms with Crippen LogP contribution in [0.5, 0.6) is 0 Å². The normalized spacial score (nSPS) is 15.8. The van der Waals surface area contributed by atoms with Gasteiger partial charge in [0.05, 0.1) is 6.42 Å². The molecule has 0 radical (unpaired) electrons. The zero-order valence-electron chi connectivity index (χ0n) is 8.98. The van der Waals surface area contributed by atoms with E-state index in [4.69, 9.17) is 10.7 Å². The average Bonchev–Trinajstić information content (AvgIpc) is 2.93. The van der Waals surface area contributed by atoms with E-state index in [2.05, 4.69) is 5.32 Å². The molecule has 1 heterocycles. The minimum atomic E-state index is -3.67. The zero-order valence-corrected chi connectivity index (χ0v) is 11.4. The Hall–Kier alpha value is -0.590. The van der Waals surface area contributed by atoms with E-state index in [1.807, 2.05) is 0 Å². The van der Waals surface area contributed by atoms with Crippen LogP contribution in [0, 0.1) is 5.92 Å². The van der Waals surface area contributed by atoms with Gasteiger partial charge in [0.25, 0.3) is 9.05 Å². The van der Waals surface area contributed by atoms with Crippen LogP contribution in [-0.2, 0) is 20.3 Å². The van der Waals surface area contributed by atoms with E-state index in [1.165, 1.54) is 18.9 Å². The van der Waals surface area contributed by atoms with Crippen molar-refractivity contribution in [3.8, 4) is 0 Å². The van der Waals surface area contributed by atoms with Crippen molar-refractivity contribution in [3.05, 3.63) is 17.0 Å². The maximum absolute atomic E-state index is 11.5. The summed E-state index contributed by atoms with van der Waals surface area (Å²) in [4.78, 5) is 12.2. The second-order valence-corrected chi connectivity index (χ2v) is 8.04. The molecule has 4 nitrogen and oxygen atoms in total. The number of rotatable bonds is 5. The van der Waals surface area contributed by atoms with Gasteiger partial charge in [-0.3, -0.25) is 4.79 Å². The Morgan fingerprint density at radius 1 is 1.47 bits per heavy atom. The molecule has 0 aliphatic heterocycles. The summed E-state index contributed by atoms with van der Waals surface area (Å²) in [5.41, 5.74) is 0. The van der Waals surface area contributed by atoms with Crippen LogP contribution in [0.2, 0.25) is 0 Å². The van der Waals surface area contributed by atoms with Crippen LogP contribution in [0.4, 0.5) is 0 Å². The lowest BCUT2D eigenvalue weighted by Crippen LogP contribution is -2.26. The molecular formula is C10H12ClNO3S2. The van der Waals surface area contributed by atoms with Crippen molar-refractivity contribution in [1.82, 2.24) is 5.32 Å². The fraction of sp³-hybridized carbons (Fsp3) is 0.500. The SMILES string of the molecule is O=C(Cc1ccc(S(=O)(=O)Cl)s1)NCC1CC1. The lowest BCUT2D eigenvalue weighted by molar-refractivity contribution is -0.120. The van der Waals surface area contributed by atoms with Crippen LogP contribution in [0.1, 0.15) is 17.7 Å². The molecule has 1 amide bonds. The maximum atomic E-state index is 11.5. The van der Waals surface area contributed by atoms with E-state index in [9.17, 15) is 13.2 Å². The summed E-state index contributed by atoms with van der Waals surface area (Å²) in [6, 6.07) is 3.05. The number of hydrogen-bond acceptors (Lipinski definition) is 4. The molecule has 2 rings (SSSR count). The second kappa shape index (κ2) is 4.96. The molecule has 0 saturated heterocycles. The van der Waals surface area contributed by atoms with E-state index < -0.39 is 9.05 Å². The number of carbonyl (C=O) groups excluding carboxylic acids is 1. The predicted molar refractivity (Wildman–Crippen MR) is 66.8 cm³/mol. The summed E-state index contributed by atoms with van der Waals surface area (Å²) < 4.78 is 22.1. The third-order valence-corrected chi connectivity index (χ3v) is 5.67. The molecule has 0 unspecified atom stereocenters. The average molecular weight is 294 g/mol. The van der Waals surface area contributed by atoms with Gasteiger partial charge >= 0.3 is 0 Å². The number of thiophene rings is 1. The summed E-state index contributed by atoms with van der Waals surface area (Å²) in [5, 5.41) is 2.83. The van der Waals surface area contributed by atoms with E-state index in [1.54, 1.807) is 6.07 Å². The second-order valence-electron chi connectivity index (χ2n) is 4.08. The molecule has 7 heteroatoms. The summed E-state index contributed by atoms with van der Waals surface area (Å²) in [5.74, 6) is 0.568. The fourth-order valence-corrected chi connectivity index (χ4v) is 3.51. The Balaban J connectivity index is 1.89. The van der Waals surface area contributed by atoms with Gasteiger partial charge in [0.2, 0.25) is 5.91 Å². The van der Waals surface area contributed by atoms with Gasteiger partial charge in [-0.2, -0.15) is 0 Å². The number of hydrogen-bond donors (Lipinski definition) is 1. The summed E-state index contributed by atoms with van der Waals surface area (Å²) in [6.07, 6.45) is 2.59. The summed E-state index contributed by atoms with van der Waals surface area (Å²) in [6.45, 7) is 0.727. The zero-order chi connectivity index (χ0) is 12.5. The Bertz CT molecular complexity index is 519. The van der Waals surface area contributed by atoms with Gasteiger partial charge in [0, 0.05) is 22.1 Å². The summed E-state index contributed by atoms with van der Waals surface area (Å²) >= 11 is 1.04. The first-order valence-electron chi connectivity index (χ1n) is 5.25. The molecule has 1 fully saturated rings. The fourth-order valence-electron chi connectivity index (χ4n) is 1.39. The highest BCUT2D eigenvalue weighted by Crippen LogP contribution is 2.28. The minimum absolute atomic E-state index is 0.0720. The lowest BCUT2D eigenvalue weighted by atomic mass is 10.3. The highest BCUT2D eigenvalue weighted by molar-refractivity contribution is 8.15. The molecule has 1 aromatic heterocycles. The number of halogens is 1. The first-order valence-corrected chi connectivity index (χ1v) is 8.38. The van der Waals surface area contributed by atoms with Crippen molar-refractivity contribution in [2.24, 2.45) is 5.92 Å². The maximum Gasteiger partial charge on any atom is 0.270 e. The molecule has 1 N–H and O–H groups in total. The van der Waals surface area contributed by atoms with E-state index in [0.29, 0.717) is 10.8 Å². The number of amides is 1. The number of nitrogens with one attached hydrogen (secondary N) is 1. The highest BCUT2D eigenvalue weighted by Gasteiger charge is 2.22. The molecule has 1 aliphatic carbocycles. The van der Waals surface area contributed by atoms with Crippen molar-refractivity contribution in [1.29, 1.82) is 0 Å². The van der Waals surface area contributed by atoms with Crippen molar-refractivity contribution in [2.45, 2.75) is 23.5 Å². The molecule has 94 valence electrons. The van der Waals surface area contributed by atoms with Crippen molar-refractivity contribution in [3.63, 3.8) is 0 Å². The van der Waals surface area contributed by atoms with E-state index >= 15 is 0 Å². The van der Waals surface area contributed by atoms with Crippen LogP contribution >= 0.6 is 22.0 Å². The first kappa shape index (κ1) is 12.9. The molecule has 17 heavy (non-hydrogen) atoms. The Morgan fingerprint density at radius 3 is 2.71 bits per heavy atom. The molecule has 1 aromatic rings. The van der Waals surface area contributed by atoms with Crippen LogP contribution in [0.3, 0.4) is 0 Å². The van der Waals surface area contributed by atoms with Gasteiger partial charge in [0.15, 0.2) is 0 Å². The van der Waals surface area contributed by atoms with Gasteiger partial charge in [-0.1, -0.05) is 0 Å². The van der Waals surface area contributed by atoms with Crippen LogP contribution in [0.15, 0.2) is 16.3 Å². The van der Waals surface area contributed by atoms with Crippen LogP contribution in [0.25, 0.3) is 0 Å². The smallest absolute Gasteiger partial charge is 0.270 e. The molecule has 0 spiro atoms. The molecular weight excluding hydrogens is 282 g/mol. The molecule has 1 aliphatic rings. The third-order valence-electron chi connectivity index (χ3n) is 2.50. The number of carbonyl (C=O) groups is 1. The van der Waals surface area contributed by atoms with Gasteiger partial charge < -0.3 is 5.32 Å². The van der Waals surface area contributed by atoms with Gasteiger partial charge in [-0.05, 0) is 30.9 Å². The monoisotopic (exact) mass is 293 g/mol. The van der Waals surface area contributed by atoms with Gasteiger partial charge in [0.1, 0.15) is 4.21 Å². The molecule has 0 aromatic carbocycles. The largest absolute Gasteiger partial charge is 0.356 e. The minimum Gasteiger partial charge on any atom is -0.356 e. The molecule has 0 atom stereocenters. The van der Waals surface area contributed by atoms with Gasteiger partial charge in [-0.25, -0.2) is 8.42 Å². The van der Waals surface area contributed by atoms with E-state index in [-0.39, 0.29) is 16.5 Å². The predicted octanol–water partition coefficient (Wildman–Crippen LogP) is 1.74. The van der Waals surface area contributed by atoms with Gasteiger partial charge in [-0.15, -0.1) is 11.3 Å². The Morgan fingerprint density at radius 2 is 2.18 bits per heavy atom. The first-order chi connectivity index (χ1) is 7.95. The van der Waals surface area contributed by atoms with E-state index in [0.717, 1.165) is 17.9 Å².